The number of carbonyl (C=O) groups excluding carboxylic acids is 1. The van der Waals surface area contributed by atoms with Gasteiger partial charge in [0.2, 0.25) is 5.91 Å². The summed E-state index contributed by atoms with van der Waals surface area (Å²) in [4.78, 5) is 16.8. The molecule has 0 aliphatic carbocycles. The third-order valence-electron chi connectivity index (χ3n) is 4.70. The first kappa shape index (κ1) is 17.4. The second-order valence-electron chi connectivity index (χ2n) is 5.93. The molecule has 1 amide bonds. The highest BCUT2D eigenvalue weighted by molar-refractivity contribution is 5.81. The van der Waals surface area contributed by atoms with Gasteiger partial charge in [0, 0.05) is 25.7 Å². The fourth-order valence-electron chi connectivity index (χ4n) is 3.24. The summed E-state index contributed by atoms with van der Waals surface area (Å²) in [6, 6.07) is 0.560. The maximum Gasteiger partial charge on any atom is 0.239 e. The molecule has 1 fully saturated rings. The normalized spacial score (nSPS) is 23.4. The lowest BCUT2D eigenvalue weighted by Gasteiger charge is -2.39. The Bertz CT molecular complexity index is 291. The van der Waals surface area contributed by atoms with Gasteiger partial charge in [-0.3, -0.25) is 9.69 Å². The standard InChI is InChI=1S/C16H33N3O/c1-6-17-13(4)15-10-9-11-19(12-15)14(5)16(20)18(7-2)8-3/h13-15,17H,6-12H2,1-5H3. The number of likely N-dealkylation sites (N-methyl/N-ethyl adjacent to an activating group) is 1. The second kappa shape index (κ2) is 8.63. The van der Waals surface area contributed by atoms with Crippen molar-refractivity contribution in [2.24, 2.45) is 5.92 Å². The number of piperidine rings is 1. The number of nitrogens with one attached hydrogen (secondary N) is 1. The molecule has 0 aromatic heterocycles. The zero-order chi connectivity index (χ0) is 15.1. The molecular formula is C16H33N3O. The molecule has 118 valence electrons. The summed E-state index contributed by atoms with van der Waals surface area (Å²) in [7, 11) is 0. The van der Waals surface area contributed by atoms with Crippen LogP contribution in [0.5, 0.6) is 0 Å². The summed E-state index contributed by atoms with van der Waals surface area (Å²) >= 11 is 0. The van der Waals surface area contributed by atoms with Crippen LogP contribution in [0, 0.1) is 5.92 Å². The van der Waals surface area contributed by atoms with E-state index in [0.29, 0.717) is 12.0 Å². The fourth-order valence-corrected chi connectivity index (χ4v) is 3.24. The van der Waals surface area contributed by atoms with Gasteiger partial charge in [0.25, 0.3) is 0 Å². The van der Waals surface area contributed by atoms with Crippen LogP contribution < -0.4 is 5.32 Å². The van der Waals surface area contributed by atoms with Crippen molar-refractivity contribution in [3.05, 3.63) is 0 Å². The molecular weight excluding hydrogens is 250 g/mol. The molecule has 0 aromatic carbocycles. The molecule has 1 N–H and O–H groups in total. The molecule has 3 unspecified atom stereocenters. The molecule has 4 nitrogen and oxygen atoms in total. The Balaban J connectivity index is 2.59. The topological polar surface area (TPSA) is 35.6 Å². The van der Waals surface area contributed by atoms with E-state index in [2.05, 4.69) is 44.8 Å². The number of rotatable bonds is 7. The summed E-state index contributed by atoms with van der Waals surface area (Å²) in [5, 5.41) is 3.53. The van der Waals surface area contributed by atoms with Gasteiger partial charge in [-0.05, 0) is 59.5 Å². The maximum atomic E-state index is 12.5. The quantitative estimate of drug-likeness (QED) is 0.776. The number of hydrogen-bond donors (Lipinski definition) is 1. The molecule has 1 aliphatic heterocycles. The van der Waals surface area contributed by atoms with Crippen molar-refractivity contribution in [3.63, 3.8) is 0 Å². The molecule has 4 heteroatoms. The molecule has 0 bridgehead atoms. The number of carbonyl (C=O) groups is 1. The Labute approximate surface area is 124 Å². The van der Waals surface area contributed by atoms with Crippen molar-refractivity contribution in [2.45, 2.75) is 59.5 Å². The first-order valence-corrected chi connectivity index (χ1v) is 8.31. The molecule has 0 radical (unpaired) electrons. The van der Waals surface area contributed by atoms with E-state index < -0.39 is 0 Å². The van der Waals surface area contributed by atoms with E-state index in [-0.39, 0.29) is 11.9 Å². The van der Waals surface area contributed by atoms with E-state index in [1.165, 1.54) is 12.8 Å². The van der Waals surface area contributed by atoms with Crippen molar-refractivity contribution >= 4 is 5.91 Å². The third-order valence-corrected chi connectivity index (χ3v) is 4.70. The lowest BCUT2D eigenvalue weighted by Crippen LogP contribution is -2.52. The number of nitrogens with zero attached hydrogens (tertiary/aromatic N) is 2. The molecule has 1 rings (SSSR count). The van der Waals surface area contributed by atoms with Crippen LogP contribution in [-0.2, 0) is 4.79 Å². The van der Waals surface area contributed by atoms with Crippen LogP contribution in [0.3, 0.4) is 0 Å². The number of hydrogen-bond acceptors (Lipinski definition) is 3. The molecule has 0 aromatic rings. The largest absolute Gasteiger partial charge is 0.342 e. The molecule has 0 saturated carbocycles. The van der Waals surface area contributed by atoms with E-state index in [0.717, 1.165) is 32.7 Å². The van der Waals surface area contributed by atoms with Crippen molar-refractivity contribution < 1.29 is 4.79 Å². The molecule has 1 saturated heterocycles. The van der Waals surface area contributed by atoms with Crippen molar-refractivity contribution in [1.29, 1.82) is 0 Å². The maximum absolute atomic E-state index is 12.5. The Morgan fingerprint density at radius 2 is 1.95 bits per heavy atom. The predicted molar refractivity (Wildman–Crippen MR) is 84.8 cm³/mol. The van der Waals surface area contributed by atoms with Crippen molar-refractivity contribution in [2.75, 3.05) is 32.7 Å². The summed E-state index contributed by atoms with van der Waals surface area (Å²) in [6.45, 7) is 15.4. The SMILES string of the molecule is CCNC(C)C1CCCN(C(C)C(=O)N(CC)CC)C1. The first-order chi connectivity index (χ1) is 9.54. The van der Waals surface area contributed by atoms with Crippen LogP contribution in [0.25, 0.3) is 0 Å². The third kappa shape index (κ3) is 4.45. The van der Waals surface area contributed by atoms with Crippen LogP contribution >= 0.6 is 0 Å². The minimum absolute atomic E-state index is 0.0199. The molecule has 1 aliphatic rings. The van der Waals surface area contributed by atoms with Gasteiger partial charge in [-0.2, -0.15) is 0 Å². The number of amides is 1. The summed E-state index contributed by atoms with van der Waals surface area (Å²) in [5.74, 6) is 0.947. The van der Waals surface area contributed by atoms with E-state index in [9.17, 15) is 4.79 Å². The van der Waals surface area contributed by atoms with Crippen LogP contribution in [0.2, 0.25) is 0 Å². The molecule has 20 heavy (non-hydrogen) atoms. The summed E-state index contributed by atoms with van der Waals surface area (Å²) < 4.78 is 0. The average molecular weight is 283 g/mol. The minimum atomic E-state index is 0.0199. The number of likely N-dealkylation sites (tertiary alicyclic amines) is 1. The van der Waals surface area contributed by atoms with E-state index in [1.54, 1.807) is 0 Å². The van der Waals surface area contributed by atoms with Gasteiger partial charge in [0.15, 0.2) is 0 Å². The monoisotopic (exact) mass is 283 g/mol. The highest BCUT2D eigenvalue weighted by atomic mass is 16.2. The Morgan fingerprint density at radius 3 is 2.50 bits per heavy atom. The average Bonchev–Trinajstić information content (AvgIpc) is 2.48. The zero-order valence-electron chi connectivity index (χ0n) is 14.0. The van der Waals surface area contributed by atoms with E-state index in [1.807, 2.05) is 4.90 Å². The van der Waals surface area contributed by atoms with Gasteiger partial charge in [-0.15, -0.1) is 0 Å². The van der Waals surface area contributed by atoms with Crippen LogP contribution in [0.1, 0.15) is 47.5 Å². The van der Waals surface area contributed by atoms with Gasteiger partial charge < -0.3 is 10.2 Å². The first-order valence-electron chi connectivity index (χ1n) is 8.31. The van der Waals surface area contributed by atoms with Crippen LogP contribution in [0.15, 0.2) is 0 Å². The van der Waals surface area contributed by atoms with E-state index in [4.69, 9.17) is 0 Å². The predicted octanol–water partition coefficient (Wildman–Crippen LogP) is 1.95. The van der Waals surface area contributed by atoms with Crippen LogP contribution in [-0.4, -0.2) is 60.5 Å². The smallest absolute Gasteiger partial charge is 0.239 e. The summed E-state index contributed by atoms with van der Waals surface area (Å²) in [6.07, 6.45) is 2.48. The zero-order valence-corrected chi connectivity index (χ0v) is 14.0. The Morgan fingerprint density at radius 1 is 1.30 bits per heavy atom. The molecule has 0 spiro atoms. The van der Waals surface area contributed by atoms with Crippen molar-refractivity contribution in [3.8, 4) is 0 Å². The van der Waals surface area contributed by atoms with Gasteiger partial charge in [0.1, 0.15) is 0 Å². The summed E-state index contributed by atoms with van der Waals surface area (Å²) in [5.41, 5.74) is 0. The van der Waals surface area contributed by atoms with Crippen LogP contribution in [0.4, 0.5) is 0 Å². The lowest BCUT2D eigenvalue weighted by atomic mass is 9.90. The Hall–Kier alpha value is -0.610. The lowest BCUT2D eigenvalue weighted by molar-refractivity contribution is -0.136. The second-order valence-corrected chi connectivity index (χ2v) is 5.93. The fraction of sp³-hybridized carbons (Fsp3) is 0.938. The van der Waals surface area contributed by atoms with Crippen molar-refractivity contribution in [1.82, 2.24) is 15.1 Å². The Kier molecular flexibility index (Phi) is 7.52. The highest BCUT2D eigenvalue weighted by Crippen LogP contribution is 2.22. The molecule has 3 atom stereocenters. The molecule has 1 heterocycles. The highest BCUT2D eigenvalue weighted by Gasteiger charge is 2.30. The minimum Gasteiger partial charge on any atom is -0.342 e. The van der Waals surface area contributed by atoms with Gasteiger partial charge in [0.05, 0.1) is 6.04 Å². The van der Waals surface area contributed by atoms with E-state index >= 15 is 0 Å². The van der Waals surface area contributed by atoms with Gasteiger partial charge >= 0.3 is 0 Å². The van der Waals surface area contributed by atoms with Gasteiger partial charge in [-0.1, -0.05) is 6.92 Å². The van der Waals surface area contributed by atoms with Gasteiger partial charge in [-0.25, -0.2) is 0 Å².